The SMILES string of the molecule is CCNC(CCC(C)C)c1ccc(Cl)s1. The first-order valence-corrected chi connectivity index (χ1v) is 6.81. The molecule has 1 atom stereocenters. The Kier molecular flexibility index (Phi) is 5.65. The molecule has 1 aromatic rings. The topological polar surface area (TPSA) is 12.0 Å². The van der Waals surface area contributed by atoms with E-state index in [-0.39, 0.29) is 0 Å². The zero-order valence-electron chi connectivity index (χ0n) is 9.72. The fourth-order valence-corrected chi connectivity index (χ4v) is 2.78. The third kappa shape index (κ3) is 4.54. The Hall–Kier alpha value is -0.0500. The smallest absolute Gasteiger partial charge is 0.0931 e. The Morgan fingerprint density at radius 3 is 2.53 bits per heavy atom. The van der Waals surface area contributed by atoms with Crippen LogP contribution >= 0.6 is 22.9 Å². The molecule has 0 saturated heterocycles. The van der Waals surface area contributed by atoms with Crippen LogP contribution in [0, 0.1) is 5.92 Å². The second kappa shape index (κ2) is 6.51. The highest BCUT2D eigenvalue weighted by atomic mass is 35.5. The number of nitrogens with one attached hydrogen (secondary N) is 1. The van der Waals surface area contributed by atoms with Gasteiger partial charge in [0.15, 0.2) is 0 Å². The molecule has 0 spiro atoms. The quantitative estimate of drug-likeness (QED) is 0.779. The highest BCUT2D eigenvalue weighted by Crippen LogP contribution is 2.30. The summed E-state index contributed by atoms with van der Waals surface area (Å²) in [4.78, 5) is 1.36. The Bertz CT molecular complexity index is 283. The van der Waals surface area contributed by atoms with Crippen LogP contribution in [0.5, 0.6) is 0 Å². The minimum absolute atomic E-state index is 0.481. The molecular formula is C12H20ClNS. The van der Waals surface area contributed by atoms with Crippen LogP contribution in [0.15, 0.2) is 12.1 Å². The molecule has 0 saturated carbocycles. The molecule has 0 aliphatic carbocycles. The highest BCUT2D eigenvalue weighted by Gasteiger charge is 2.12. The molecule has 0 aromatic carbocycles. The summed E-state index contributed by atoms with van der Waals surface area (Å²) in [5.41, 5.74) is 0. The summed E-state index contributed by atoms with van der Waals surface area (Å²) in [7, 11) is 0. The standard InChI is InChI=1S/C12H20ClNS/c1-4-14-10(6-5-9(2)3)11-7-8-12(13)15-11/h7-10,14H,4-6H2,1-3H3. The molecular weight excluding hydrogens is 226 g/mol. The van der Waals surface area contributed by atoms with E-state index in [0.29, 0.717) is 6.04 Å². The van der Waals surface area contributed by atoms with Crippen molar-refractivity contribution in [3.8, 4) is 0 Å². The Morgan fingerprint density at radius 1 is 1.33 bits per heavy atom. The molecule has 1 nitrogen and oxygen atoms in total. The maximum Gasteiger partial charge on any atom is 0.0931 e. The van der Waals surface area contributed by atoms with Crippen molar-refractivity contribution in [1.82, 2.24) is 5.32 Å². The van der Waals surface area contributed by atoms with E-state index < -0.39 is 0 Å². The number of halogens is 1. The lowest BCUT2D eigenvalue weighted by molar-refractivity contribution is 0.453. The molecule has 1 unspecified atom stereocenters. The first-order valence-electron chi connectivity index (χ1n) is 5.62. The molecule has 0 radical (unpaired) electrons. The number of rotatable bonds is 6. The van der Waals surface area contributed by atoms with Gasteiger partial charge >= 0.3 is 0 Å². The van der Waals surface area contributed by atoms with Crippen LogP contribution in [0.25, 0.3) is 0 Å². The molecule has 1 aromatic heterocycles. The van der Waals surface area contributed by atoms with Crippen molar-refractivity contribution in [3.63, 3.8) is 0 Å². The van der Waals surface area contributed by atoms with Gasteiger partial charge in [0, 0.05) is 10.9 Å². The lowest BCUT2D eigenvalue weighted by atomic mass is 10.0. The van der Waals surface area contributed by atoms with E-state index in [0.717, 1.165) is 16.8 Å². The van der Waals surface area contributed by atoms with E-state index in [1.807, 2.05) is 6.07 Å². The van der Waals surface area contributed by atoms with Crippen LogP contribution in [0.3, 0.4) is 0 Å². The van der Waals surface area contributed by atoms with Crippen LogP contribution in [-0.2, 0) is 0 Å². The van der Waals surface area contributed by atoms with E-state index in [9.17, 15) is 0 Å². The molecule has 3 heteroatoms. The average molecular weight is 246 g/mol. The second-order valence-electron chi connectivity index (χ2n) is 4.22. The van der Waals surface area contributed by atoms with Crippen molar-refractivity contribution in [2.45, 2.75) is 39.7 Å². The maximum atomic E-state index is 5.96. The first kappa shape index (κ1) is 13.0. The Balaban J connectivity index is 2.57. The summed E-state index contributed by atoms with van der Waals surface area (Å²) in [6.45, 7) is 7.70. The van der Waals surface area contributed by atoms with Crippen molar-refractivity contribution < 1.29 is 0 Å². The van der Waals surface area contributed by atoms with Gasteiger partial charge in [-0.05, 0) is 37.4 Å². The van der Waals surface area contributed by atoms with Crippen molar-refractivity contribution in [1.29, 1.82) is 0 Å². The van der Waals surface area contributed by atoms with Gasteiger partial charge in [-0.2, -0.15) is 0 Å². The number of thiophene rings is 1. The van der Waals surface area contributed by atoms with Crippen molar-refractivity contribution in [2.75, 3.05) is 6.54 Å². The molecule has 1 N–H and O–H groups in total. The molecule has 1 rings (SSSR count). The zero-order chi connectivity index (χ0) is 11.3. The monoisotopic (exact) mass is 245 g/mol. The maximum absolute atomic E-state index is 5.96. The van der Waals surface area contributed by atoms with E-state index >= 15 is 0 Å². The van der Waals surface area contributed by atoms with Gasteiger partial charge < -0.3 is 5.32 Å². The van der Waals surface area contributed by atoms with E-state index in [2.05, 4.69) is 32.2 Å². The molecule has 0 aliphatic heterocycles. The van der Waals surface area contributed by atoms with Gasteiger partial charge in [-0.1, -0.05) is 32.4 Å². The second-order valence-corrected chi connectivity index (χ2v) is 5.97. The molecule has 0 amide bonds. The summed E-state index contributed by atoms with van der Waals surface area (Å²) in [5, 5.41) is 3.52. The van der Waals surface area contributed by atoms with E-state index in [1.165, 1.54) is 17.7 Å². The third-order valence-electron chi connectivity index (χ3n) is 2.42. The highest BCUT2D eigenvalue weighted by molar-refractivity contribution is 7.16. The van der Waals surface area contributed by atoms with Gasteiger partial charge in [0.2, 0.25) is 0 Å². The molecule has 86 valence electrons. The molecule has 0 bridgehead atoms. The Labute approximate surface area is 102 Å². The minimum Gasteiger partial charge on any atom is -0.310 e. The third-order valence-corrected chi connectivity index (χ3v) is 3.77. The number of hydrogen-bond acceptors (Lipinski definition) is 2. The van der Waals surface area contributed by atoms with Crippen LogP contribution < -0.4 is 5.32 Å². The summed E-state index contributed by atoms with van der Waals surface area (Å²) in [5.74, 6) is 0.765. The predicted molar refractivity (Wildman–Crippen MR) is 69.8 cm³/mol. The van der Waals surface area contributed by atoms with Crippen LogP contribution in [0.1, 0.15) is 44.5 Å². The first-order chi connectivity index (χ1) is 7.13. The van der Waals surface area contributed by atoms with E-state index in [4.69, 9.17) is 11.6 Å². The fourth-order valence-electron chi connectivity index (χ4n) is 1.61. The van der Waals surface area contributed by atoms with Gasteiger partial charge in [0.25, 0.3) is 0 Å². The van der Waals surface area contributed by atoms with Gasteiger partial charge in [-0.15, -0.1) is 11.3 Å². The minimum atomic E-state index is 0.481. The summed E-state index contributed by atoms with van der Waals surface area (Å²) in [6, 6.07) is 4.61. The molecule has 0 fully saturated rings. The van der Waals surface area contributed by atoms with Crippen molar-refractivity contribution >= 4 is 22.9 Å². The number of hydrogen-bond donors (Lipinski definition) is 1. The van der Waals surface area contributed by atoms with Gasteiger partial charge in [-0.3, -0.25) is 0 Å². The predicted octanol–water partition coefficient (Wildman–Crippen LogP) is 4.49. The summed E-state index contributed by atoms with van der Waals surface area (Å²) < 4.78 is 0.887. The zero-order valence-corrected chi connectivity index (χ0v) is 11.3. The molecule has 15 heavy (non-hydrogen) atoms. The van der Waals surface area contributed by atoms with Crippen LogP contribution in [0.2, 0.25) is 4.34 Å². The largest absolute Gasteiger partial charge is 0.310 e. The molecule has 0 aliphatic rings. The van der Waals surface area contributed by atoms with E-state index in [1.54, 1.807) is 11.3 Å². The summed E-state index contributed by atoms with van der Waals surface area (Å²) in [6.07, 6.45) is 2.45. The van der Waals surface area contributed by atoms with Gasteiger partial charge in [-0.25, -0.2) is 0 Å². The normalized spacial score (nSPS) is 13.4. The van der Waals surface area contributed by atoms with Gasteiger partial charge in [0.05, 0.1) is 4.34 Å². The summed E-state index contributed by atoms with van der Waals surface area (Å²) >= 11 is 7.65. The molecule has 1 heterocycles. The van der Waals surface area contributed by atoms with Crippen LogP contribution in [0.4, 0.5) is 0 Å². The Morgan fingerprint density at radius 2 is 2.07 bits per heavy atom. The fraction of sp³-hybridized carbons (Fsp3) is 0.667. The lowest BCUT2D eigenvalue weighted by Gasteiger charge is -2.17. The van der Waals surface area contributed by atoms with Crippen molar-refractivity contribution in [2.24, 2.45) is 5.92 Å². The van der Waals surface area contributed by atoms with Crippen molar-refractivity contribution in [3.05, 3.63) is 21.3 Å². The van der Waals surface area contributed by atoms with Gasteiger partial charge in [0.1, 0.15) is 0 Å². The average Bonchev–Trinajstić information content (AvgIpc) is 2.59. The lowest BCUT2D eigenvalue weighted by Crippen LogP contribution is -2.20. The van der Waals surface area contributed by atoms with Crippen LogP contribution in [-0.4, -0.2) is 6.54 Å².